The number of benzene rings is 1. The Morgan fingerprint density at radius 2 is 1.97 bits per heavy atom. The van der Waals surface area contributed by atoms with Crippen LogP contribution < -0.4 is 16.4 Å². The van der Waals surface area contributed by atoms with Crippen molar-refractivity contribution in [2.75, 3.05) is 17.2 Å². The molecule has 2 aromatic heterocycles. The number of halogens is 3. The first-order chi connectivity index (χ1) is 17.3. The molecular formula is C24H28Cl2FN7O2. The van der Waals surface area contributed by atoms with Gasteiger partial charge in [0.15, 0.2) is 5.65 Å². The Bertz CT molecular complexity index is 1260. The Kier molecular flexibility index (Phi) is 7.18. The molecule has 0 spiro atoms. The fraction of sp³-hybridized carbons (Fsp3) is 0.500. The van der Waals surface area contributed by atoms with E-state index in [9.17, 15) is 9.18 Å². The molecule has 36 heavy (non-hydrogen) atoms. The highest BCUT2D eigenvalue weighted by Gasteiger charge is 2.30. The number of hydrogen-bond acceptors (Lipinski definition) is 7. The van der Waals surface area contributed by atoms with Crippen LogP contribution in [0.5, 0.6) is 0 Å². The molecule has 5 rings (SSSR count). The molecule has 192 valence electrons. The van der Waals surface area contributed by atoms with E-state index in [4.69, 9.17) is 38.7 Å². The van der Waals surface area contributed by atoms with Gasteiger partial charge in [0.1, 0.15) is 11.3 Å². The SMILES string of the molecule is CC1CC(Nc2ncc3nc(Nc4c(F)cc(Cl)cc4Cl)n(C4CCC(C(N)=O)CC4)c3n2)CCO1. The summed E-state index contributed by atoms with van der Waals surface area (Å²) in [5.41, 5.74) is 6.79. The zero-order valence-corrected chi connectivity index (χ0v) is 21.3. The maximum atomic E-state index is 14.8. The van der Waals surface area contributed by atoms with Gasteiger partial charge in [-0.1, -0.05) is 23.2 Å². The first-order valence-electron chi connectivity index (χ1n) is 12.1. The molecule has 1 aromatic carbocycles. The van der Waals surface area contributed by atoms with Crippen LogP contribution in [0.1, 0.15) is 51.5 Å². The van der Waals surface area contributed by atoms with Crippen molar-refractivity contribution in [2.24, 2.45) is 11.7 Å². The molecule has 0 radical (unpaired) electrons. The lowest BCUT2D eigenvalue weighted by Gasteiger charge is -2.29. The van der Waals surface area contributed by atoms with E-state index in [0.29, 0.717) is 55.4 Å². The lowest BCUT2D eigenvalue weighted by atomic mass is 9.85. The van der Waals surface area contributed by atoms with Gasteiger partial charge in [0, 0.05) is 29.6 Å². The van der Waals surface area contributed by atoms with E-state index in [0.717, 1.165) is 12.8 Å². The van der Waals surface area contributed by atoms with Crippen molar-refractivity contribution in [1.29, 1.82) is 0 Å². The number of nitrogens with zero attached hydrogens (tertiary/aromatic N) is 4. The number of nitrogens with two attached hydrogens (primary N) is 1. The number of amides is 1. The summed E-state index contributed by atoms with van der Waals surface area (Å²) >= 11 is 12.2. The predicted octanol–water partition coefficient (Wildman–Crippen LogP) is 5.21. The Morgan fingerprint density at radius 1 is 1.19 bits per heavy atom. The fourth-order valence-electron chi connectivity index (χ4n) is 5.10. The number of fused-ring (bicyclic) bond motifs is 1. The van der Waals surface area contributed by atoms with Crippen LogP contribution >= 0.6 is 23.2 Å². The highest BCUT2D eigenvalue weighted by atomic mass is 35.5. The first-order valence-corrected chi connectivity index (χ1v) is 12.9. The molecule has 9 nitrogen and oxygen atoms in total. The molecule has 1 aliphatic carbocycles. The molecule has 4 N–H and O–H groups in total. The van der Waals surface area contributed by atoms with Gasteiger partial charge in [-0.15, -0.1) is 0 Å². The van der Waals surface area contributed by atoms with Gasteiger partial charge in [-0.2, -0.15) is 4.98 Å². The summed E-state index contributed by atoms with van der Waals surface area (Å²) in [6.07, 6.45) is 6.27. The third kappa shape index (κ3) is 5.21. The molecular weight excluding hydrogens is 508 g/mol. The minimum Gasteiger partial charge on any atom is -0.378 e. The number of ether oxygens (including phenoxy) is 1. The number of rotatable bonds is 6. The maximum absolute atomic E-state index is 14.8. The summed E-state index contributed by atoms with van der Waals surface area (Å²) in [4.78, 5) is 25.7. The zero-order valence-electron chi connectivity index (χ0n) is 19.8. The number of carbonyl (C=O) groups is 1. The Balaban J connectivity index is 1.51. The van der Waals surface area contributed by atoms with E-state index in [1.54, 1.807) is 6.20 Å². The quantitative estimate of drug-likeness (QED) is 0.396. The summed E-state index contributed by atoms with van der Waals surface area (Å²) in [6.45, 7) is 2.73. The van der Waals surface area contributed by atoms with Crippen LogP contribution in [-0.2, 0) is 9.53 Å². The Morgan fingerprint density at radius 3 is 2.67 bits per heavy atom. The summed E-state index contributed by atoms with van der Waals surface area (Å²) < 4.78 is 22.4. The minimum absolute atomic E-state index is 0.0203. The average Bonchev–Trinajstić information content (AvgIpc) is 3.18. The largest absolute Gasteiger partial charge is 0.378 e. The summed E-state index contributed by atoms with van der Waals surface area (Å²) in [5.74, 6) is -0.141. The van der Waals surface area contributed by atoms with Crippen LogP contribution in [0.4, 0.5) is 22.0 Å². The molecule has 1 saturated heterocycles. The van der Waals surface area contributed by atoms with E-state index in [1.807, 2.05) is 11.5 Å². The number of imidazole rings is 1. The van der Waals surface area contributed by atoms with Crippen molar-refractivity contribution in [3.05, 3.63) is 34.2 Å². The van der Waals surface area contributed by atoms with Crippen molar-refractivity contribution in [2.45, 2.75) is 63.6 Å². The van der Waals surface area contributed by atoms with E-state index in [2.05, 4.69) is 20.6 Å². The van der Waals surface area contributed by atoms with Gasteiger partial charge in [0.25, 0.3) is 0 Å². The maximum Gasteiger partial charge on any atom is 0.224 e. The van der Waals surface area contributed by atoms with Crippen molar-refractivity contribution in [1.82, 2.24) is 19.5 Å². The number of nitrogens with one attached hydrogen (secondary N) is 2. The van der Waals surface area contributed by atoms with Crippen LogP contribution in [0.15, 0.2) is 18.3 Å². The first kappa shape index (κ1) is 25.0. The second-order valence-electron chi connectivity index (χ2n) is 9.53. The lowest BCUT2D eigenvalue weighted by Crippen LogP contribution is -2.33. The Hall–Kier alpha value is -2.69. The molecule has 2 atom stereocenters. The minimum atomic E-state index is -0.592. The molecule has 2 fully saturated rings. The van der Waals surface area contributed by atoms with Gasteiger partial charge in [-0.3, -0.25) is 9.36 Å². The molecule has 2 unspecified atom stereocenters. The van der Waals surface area contributed by atoms with Crippen LogP contribution in [0.2, 0.25) is 10.0 Å². The fourth-order valence-corrected chi connectivity index (χ4v) is 5.61. The van der Waals surface area contributed by atoms with E-state index in [-0.39, 0.29) is 45.7 Å². The highest BCUT2D eigenvalue weighted by Crippen LogP contribution is 2.38. The van der Waals surface area contributed by atoms with Gasteiger partial charge in [0.05, 0.1) is 23.0 Å². The third-order valence-corrected chi connectivity index (χ3v) is 7.48. The molecule has 3 aromatic rings. The van der Waals surface area contributed by atoms with Crippen LogP contribution in [0, 0.1) is 11.7 Å². The van der Waals surface area contributed by atoms with Gasteiger partial charge in [-0.25, -0.2) is 14.4 Å². The van der Waals surface area contributed by atoms with Crippen molar-refractivity contribution >= 4 is 57.9 Å². The summed E-state index contributed by atoms with van der Waals surface area (Å²) in [6, 6.07) is 2.84. The molecule has 0 bridgehead atoms. The molecule has 12 heteroatoms. The van der Waals surface area contributed by atoms with Gasteiger partial charge < -0.3 is 21.1 Å². The monoisotopic (exact) mass is 535 g/mol. The molecule has 1 aliphatic heterocycles. The number of anilines is 3. The number of primary amides is 1. The van der Waals surface area contributed by atoms with Crippen molar-refractivity contribution in [3.63, 3.8) is 0 Å². The molecule has 3 heterocycles. The highest BCUT2D eigenvalue weighted by molar-refractivity contribution is 6.36. The van der Waals surface area contributed by atoms with Gasteiger partial charge in [-0.05, 0) is 57.6 Å². The standard InChI is InChI=1S/C24H28Cl2FN7O2/c1-12-8-15(6-7-36-12)30-23-29-11-19-22(33-23)34(16-4-2-13(3-5-16)21(28)35)24(31-19)32-20-17(26)9-14(25)10-18(20)27/h9-13,15-16H,2-8H2,1H3,(H2,28,35)(H,31,32)(H,29,30,33). The third-order valence-electron chi connectivity index (χ3n) is 6.96. The number of hydrogen-bond donors (Lipinski definition) is 3. The lowest BCUT2D eigenvalue weighted by molar-refractivity contribution is -0.122. The average molecular weight is 536 g/mol. The molecule has 2 aliphatic rings. The molecule has 1 saturated carbocycles. The van der Waals surface area contributed by atoms with Crippen LogP contribution in [0.25, 0.3) is 11.2 Å². The summed E-state index contributed by atoms with van der Waals surface area (Å²) in [7, 11) is 0. The summed E-state index contributed by atoms with van der Waals surface area (Å²) in [5, 5.41) is 6.81. The van der Waals surface area contributed by atoms with Crippen molar-refractivity contribution < 1.29 is 13.9 Å². The van der Waals surface area contributed by atoms with Crippen molar-refractivity contribution in [3.8, 4) is 0 Å². The topological polar surface area (TPSA) is 120 Å². The second-order valence-corrected chi connectivity index (χ2v) is 10.4. The van der Waals surface area contributed by atoms with E-state index < -0.39 is 5.82 Å². The normalized spacial score (nSPS) is 24.6. The second kappa shape index (κ2) is 10.4. The smallest absolute Gasteiger partial charge is 0.224 e. The number of carbonyl (C=O) groups excluding carboxylic acids is 1. The van der Waals surface area contributed by atoms with Gasteiger partial charge in [0.2, 0.25) is 17.8 Å². The van der Waals surface area contributed by atoms with Crippen LogP contribution in [0.3, 0.4) is 0 Å². The predicted molar refractivity (Wildman–Crippen MR) is 137 cm³/mol. The van der Waals surface area contributed by atoms with Gasteiger partial charge >= 0.3 is 0 Å². The van der Waals surface area contributed by atoms with E-state index >= 15 is 0 Å². The molecule has 1 amide bonds. The van der Waals surface area contributed by atoms with E-state index in [1.165, 1.54) is 12.1 Å². The van der Waals surface area contributed by atoms with Crippen LogP contribution in [-0.4, -0.2) is 44.2 Å². The number of aromatic nitrogens is 4. The zero-order chi connectivity index (χ0) is 25.4. The Labute approximate surface area is 217 Å².